The van der Waals surface area contributed by atoms with Crippen molar-refractivity contribution in [3.8, 4) is 0 Å². The van der Waals surface area contributed by atoms with Gasteiger partial charge in [-0.15, -0.1) is 11.3 Å². The average Bonchev–Trinajstić information content (AvgIpc) is 2.95. The molecule has 0 spiro atoms. The molecule has 0 saturated heterocycles. The Bertz CT molecular complexity index is 363. The Hall–Kier alpha value is -0.450. The lowest BCUT2D eigenvalue weighted by Crippen LogP contribution is -2.35. The van der Waals surface area contributed by atoms with Crippen molar-refractivity contribution in [2.24, 2.45) is 0 Å². The molecule has 1 aromatic rings. The predicted molar refractivity (Wildman–Crippen MR) is 64.5 cm³/mol. The smallest absolute Gasteiger partial charge is 0.125 e. The second-order valence-electron chi connectivity index (χ2n) is 4.84. The Kier molecular flexibility index (Phi) is 2.73. The normalized spacial score (nSPS) is 23.1. The highest BCUT2D eigenvalue weighted by Crippen LogP contribution is 2.45. The Morgan fingerprint density at radius 3 is 2.94 bits per heavy atom. The van der Waals surface area contributed by atoms with E-state index in [0.29, 0.717) is 0 Å². The molecule has 1 aromatic heterocycles. The third kappa shape index (κ3) is 1.90. The molecule has 3 rings (SSSR count). The summed E-state index contributed by atoms with van der Waals surface area (Å²) in [5.74, 6) is 0. The zero-order valence-electron chi connectivity index (χ0n) is 9.66. The Morgan fingerprint density at radius 2 is 2.38 bits per heavy atom. The van der Waals surface area contributed by atoms with Gasteiger partial charge in [-0.05, 0) is 32.1 Å². The molecule has 0 amide bonds. The summed E-state index contributed by atoms with van der Waals surface area (Å²) in [5.41, 5.74) is -0.0392. The number of hydrogen-bond acceptors (Lipinski definition) is 4. The second-order valence-corrected chi connectivity index (χ2v) is 5.95. The lowest BCUT2D eigenvalue weighted by atomic mass is 9.80. The average molecular weight is 238 g/mol. The third-order valence-corrected chi connectivity index (χ3v) is 4.82. The molecule has 1 N–H and O–H groups in total. The van der Waals surface area contributed by atoms with Crippen LogP contribution in [0.5, 0.6) is 0 Å². The van der Waals surface area contributed by atoms with E-state index in [0.717, 1.165) is 25.4 Å². The molecule has 88 valence electrons. The number of nitrogens with one attached hydrogen (secondary N) is 1. The first-order chi connectivity index (χ1) is 7.82. The second kappa shape index (κ2) is 4.09. The van der Waals surface area contributed by atoms with E-state index in [-0.39, 0.29) is 5.60 Å². The van der Waals surface area contributed by atoms with Crippen molar-refractivity contribution < 1.29 is 4.74 Å². The molecule has 0 radical (unpaired) electrons. The first-order valence-corrected chi connectivity index (χ1v) is 6.88. The van der Waals surface area contributed by atoms with E-state index in [1.54, 1.807) is 0 Å². The van der Waals surface area contributed by atoms with E-state index < -0.39 is 0 Å². The van der Waals surface area contributed by atoms with Crippen LogP contribution in [0.25, 0.3) is 0 Å². The summed E-state index contributed by atoms with van der Waals surface area (Å²) in [5, 5.41) is 4.70. The highest BCUT2D eigenvalue weighted by Gasteiger charge is 2.41. The van der Waals surface area contributed by atoms with Crippen LogP contribution in [0.3, 0.4) is 0 Å². The van der Waals surface area contributed by atoms with Crippen LogP contribution in [0.15, 0.2) is 6.20 Å². The van der Waals surface area contributed by atoms with Crippen molar-refractivity contribution in [2.45, 2.75) is 50.3 Å². The van der Waals surface area contributed by atoms with Crippen LogP contribution in [-0.4, -0.2) is 18.1 Å². The highest BCUT2D eigenvalue weighted by molar-refractivity contribution is 7.11. The van der Waals surface area contributed by atoms with Crippen LogP contribution in [-0.2, 0) is 16.9 Å². The summed E-state index contributed by atoms with van der Waals surface area (Å²) in [7, 11) is 1.81. The third-order valence-electron chi connectivity index (χ3n) is 3.64. The van der Waals surface area contributed by atoms with Crippen LogP contribution in [0, 0.1) is 0 Å². The molecular formula is C12H18N2OS. The van der Waals surface area contributed by atoms with Gasteiger partial charge in [0, 0.05) is 30.8 Å². The largest absolute Gasteiger partial charge is 0.371 e. The van der Waals surface area contributed by atoms with Gasteiger partial charge in [0.1, 0.15) is 10.6 Å². The fraction of sp³-hybridized carbons (Fsp3) is 0.750. The number of nitrogens with zero attached hydrogens (tertiary/aromatic N) is 1. The summed E-state index contributed by atoms with van der Waals surface area (Å²) < 4.78 is 5.64. The maximum atomic E-state index is 5.64. The molecule has 0 bridgehead atoms. The quantitative estimate of drug-likeness (QED) is 0.855. The lowest BCUT2D eigenvalue weighted by molar-refractivity contribution is -0.0779. The van der Waals surface area contributed by atoms with Crippen LogP contribution < -0.4 is 5.32 Å². The first-order valence-electron chi connectivity index (χ1n) is 6.06. The zero-order chi connectivity index (χ0) is 11.0. The fourth-order valence-corrected chi connectivity index (χ4v) is 3.22. The molecule has 0 unspecified atom stereocenters. The first kappa shape index (κ1) is 10.7. The van der Waals surface area contributed by atoms with Crippen molar-refractivity contribution in [1.82, 2.24) is 10.3 Å². The number of aromatic nitrogens is 1. The molecule has 16 heavy (non-hydrogen) atoms. The van der Waals surface area contributed by atoms with Gasteiger partial charge >= 0.3 is 0 Å². The topological polar surface area (TPSA) is 34.1 Å². The minimum Gasteiger partial charge on any atom is -0.371 e. The standard InChI is InChI=1S/C12H18N2OS/c1-15-12(5-2-6-12)11-14-8-10(16-11)7-13-9-3-4-9/h8-9,13H,2-7H2,1H3. The maximum absolute atomic E-state index is 5.64. The SMILES string of the molecule is COC1(c2ncc(CNC3CC3)s2)CCC1. The number of methoxy groups -OCH3 is 1. The summed E-state index contributed by atoms with van der Waals surface area (Å²) in [6, 6.07) is 0.769. The molecule has 2 fully saturated rings. The Labute approximate surface area is 100 Å². The number of ether oxygens (including phenoxy) is 1. The minimum absolute atomic E-state index is 0.0392. The van der Waals surface area contributed by atoms with Gasteiger partial charge in [0.2, 0.25) is 0 Å². The van der Waals surface area contributed by atoms with E-state index in [4.69, 9.17) is 4.74 Å². The molecule has 2 aliphatic carbocycles. The molecule has 0 atom stereocenters. The lowest BCUT2D eigenvalue weighted by Gasteiger charge is -2.38. The highest BCUT2D eigenvalue weighted by atomic mass is 32.1. The van der Waals surface area contributed by atoms with Crippen molar-refractivity contribution in [2.75, 3.05) is 7.11 Å². The van der Waals surface area contributed by atoms with Crippen LogP contribution in [0.2, 0.25) is 0 Å². The Morgan fingerprint density at radius 1 is 1.56 bits per heavy atom. The predicted octanol–water partition coefficient (Wildman–Crippen LogP) is 2.42. The molecule has 4 heteroatoms. The van der Waals surface area contributed by atoms with Crippen molar-refractivity contribution in [3.05, 3.63) is 16.1 Å². The monoisotopic (exact) mass is 238 g/mol. The summed E-state index contributed by atoms with van der Waals surface area (Å²) in [6.07, 6.45) is 8.22. The number of rotatable bonds is 5. The van der Waals surface area contributed by atoms with E-state index >= 15 is 0 Å². The Balaban J connectivity index is 1.66. The maximum Gasteiger partial charge on any atom is 0.125 e. The van der Waals surface area contributed by atoms with Gasteiger partial charge in [-0.2, -0.15) is 0 Å². The van der Waals surface area contributed by atoms with Crippen LogP contribution >= 0.6 is 11.3 Å². The van der Waals surface area contributed by atoms with E-state index in [9.17, 15) is 0 Å². The van der Waals surface area contributed by atoms with Gasteiger partial charge in [0.05, 0.1) is 0 Å². The van der Waals surface area contributed by atoms with Crippen molar-refractivity contribution >= 4 is 11.3 Å². The van der Waals surface area contributed by atoms with Gasteiger partial charge in [0.25, 0.3) is 0 Å². The molecular weight excluding hydrogens is 220 g/mol. The molecule has 0 aromatic carbocycles. The van der Waals surface area contributed by atoms with E-state index in [1.165, 1.54) is 29.1 Å². The van der Waals surface area contributed by atoms with Crippen LogP contribution in [0.4, 0.5) is 0 Å². The van der Waals surface area contributed by atoms with Gasteiger partial charge in [-0.3, -0.25) is 0 Å². The number of hydrogen-bond donors (Lipinski definition) is 1. The molecule has 2 aliphatic rings. The van der Waals surface area contributed by atoms with Gasteiger partial charge < -0.3 is 10.1 Å². The zero-order valence-corrected chi connectivity index (χ0v) is 10.5. The molecule has 0 aliphatic heterocycles. The van der Waals surface area contributed by atoms with Gasteiger partial charge in [-0.25, -0.2) is 4.98 Å². The van der Waals surface area contributed by atoms with Gasteiger partial charge in [0.15, 0.2) is 0 Å². The van der Waals surface area contributed by atoms with Gasteiger partial charge in [-0.1, -0.05) is 0 Å². The van der Waals surface area contributed by atoms with Crippen molar-refractivity contribution in [3.63, 3.8) is 0 Å². The minimum atomic E-state index is -0.0392. The summed E-state index contributed by atoms with van der Waals surface area (Å²) in [6.45, 7) is 0.974. The summed E-state index contributed by atoms with van der Waals surface area (Å²) in [4.78, 5) is 5.87. The van der Waals surface area contributed by atoms with E-state index in [1.807, 2.05) is 24.6 Å². The fourth-order valence-electron chi connectivity index (χ4n) is 2.14. The van der Waals surface area contributed by atoms with E-state index in [2.05, 4.69) is 10.3 Å². The molecule has 3 nitrogen and oxygen atoms in total. The molecule has 1 heterocycles. The number of thiazole rings is 1. The molecule has 2 saturated carbocycles. The van der Waals surface area contributed by atoms with Crippen LogP contribution in [0.1, 0.15) is 42.0 Å². The van der Waals surface area contributed by atoms with Crippen molar-refractivity contribution in [1.29, 1.82) is 0 Å². The summed E-state index contributed by atoms with van der Waals surface area (Å²) >= 11 is 1.81.